The normalized spacial score (nSPS) is 13.4. The SMILES string of the molecule is CC1(C)c2ccccc2-c2ccc3cc(-c4nc(-c5ccccc5)cc(-c5ccccc5)n4)ccc3c21. The lowest BCUT2D eigenvalue weighted by molar-refractivity contribution is 0.666. The molecule has 0 atom stereocenters. The zero-order valence-electron chi connectivity index (χ0n) is 20.9. The maximum atomic E-state index is 5.03. The Morgan fingerprint density at radius 2 is 1.14 bits per heavy atom. The Hall–Kier alpha value is -4.56. The van der Waals surface area contributed by atoms with Crippen molar-refractivity contribution in [3.8, 4) is 45.0 Å². The first kappa shape index (κ1) is 21.7. The molecule has 0 amide bonds. The summed E-state index contributed by atoms with van der Waals surface area (Å²) in [5, 5.41) is 2.51. The van der Waals surface area contributed by atoms with E-state index in [1.165, 1.54) is 33.0 Å². The van der Waals surface area contributed by atoms with Crippen molar-refractivity contribution in [3.63, 3.8) is 0 Å². The fraction of sp³-hybridized carbons (Fsp3) is 0.0857. The van der Waals surface area contributed by atoms with Gasteiger partial charge >= 0.3 is 0 Å². The molecule has 7 rings (SSSR count). The van der Waals surface area contributed by atoms with Gasteiger partial charge in [0.1, 0.15) is 0 Å². The van der Waals surface area contributed by atoms with Crippen molar-refractivity contribution in [2.45, 2.75) is 19.3 Å². The van der Waals surface area contributed by atoms with Crippen LogP contribution < -0.4 is 0 Å². The van der Waals surface area contributed by atoms with Crippen LogP contribution in [0.4, 0.5) is 0 Å². The first-order valence-electron chi connectivity index (χ1n) is 12.8. The van der Waals surface area contributed by atoms with E-state index in [4.69, 9.17) is 9.97 Å². The van der Waals surface area contributed by atoms with E-state index in [9.17, 15) is 0 Å². The van der Waals surface area contributed by atoms with Gasteiger partial charge in [0, 0.05) is 22.1 Å². The van der Waals surface area contributed by atoms with E-state index in [1.54, 1.807) is 0 Å². The Morgan fingerprint density at radius 1 is 0.514 bits per heavy atom. The van der Waals surface area contributed by atoms with Gasteiger partial charge in [-0.25, -0.2) is 9.97 Å². The minimum absolute atomic E-state index is 0.0445. The van der Waals surface area contributed by atoms with Crippen molar-refractivity contribution in [1.29, 1.82) is 0 Å². The predicted molar refractivity (Wildman–Crippen MR) is 153 cm³/mol. The highest BCUT2D eigenvalue weighted by atomic mass is 14.9. The Labute approximate surface area is 217 Å². The molecule has 0 bridgehead atoms. The third-order valence-electron chi connectivity index (χ3n) is 7.66. The second-order valence-corrected chi connectivity index (χ2v) is 10.3. The highest BCUT2D eigenvalue weighted by Gasteiger charge is 2.36. The minimum Gasteiger partial charge on any atom is -0.228 e. The summed E-state index contributed by atoms with van der Waals surface area (Å²) < 4.78 is 0. The summed E-state index contributed by atoms with van der Waals surface area (Å²) in [7, 11) is 0. The van der Waals surface area contributed by atoms with Crippen LogP contribution in [-0.2, 0) is 5.41 Å². The zero-order chi connectivity index (χ0) is 25.0. The summed E-state index contributed by atoms with van der Waals surface area (Å²) in [6.07, 6.45) is 0. The molecular weight excluding hydrogens is 448 g/mol. The standard InChI is InChI=1S/C35H26N2/c1-35(2)30-16-10-9-15-28(30)29-20-17-25-21-26(18-19-27(25)33(29)35)34-36-31(23-11-5-3-6-12-23)22-32(37-34)24-13-7-4-8-14-24/h3-22H,1-2H3. The average Bonchev–Trinajstić information content (AvgIpc) is 3.20. The van der Waals surface area contributed by atoms with E-state index in [0.717, 1.165) is 33.9 Å². The number of benzene rings is 5. The summed E-state index contributed by atoms with van der Waals surface area (Å²) in [6, 6.07) is 42.8. The van der Waals surface area contributed by atoms with Crippen LogP contribution in [0.2, 0.25) is 0 Å². The van der Waals surface area contributed by atoms with Gasteiger partial charge in [-0.3, -0.25) is 0 Å². The average molecular weight is 475 g/mol. The van der Waals surface area contributed by atoms with E-state index in [1.807, 2.05) is 12.1 Å². The zero-order valence-corrected chi connectivity index (χ0v) is 20.9. The van der Waals surface area contributed by atoms with Crippen molar-refractivity contribution < 1.29 is 0 Å². The highest BCUT2D eigenvalue weighted by Crippen LogP contribution is 2.51. The van der Waals surface area contributed by atoms with Gasteiger partial charge in [0.15, 0.2) is 5.82 Å². The topological polar surface area (TPSA) is 25.8 Å². The summed E-state index contributed by atoms with van der Waals surface area (Å²) in [5.74, 6) is 0.741. The van der Waals surface area contributed by atoms with Gasteiger partial charge in [-0.1, -0.05) is 123 Å². The maximum Gasteiger partial charge on any atom is 0.160 e. The van der Waals surface area contributed by atoms with Crippen molar-refractivity contribution in [3.05, 3.63) is 132 Å². The maximum absolute atomic E-state index is 5.03. The number of aromatic nitrogens is 2. The van der Waals surface area contributed by atoms with E-state index in [2.05, 4.69) is 123 Å². The molecule has 0 radical (unpaired) electrons. The molecule has 6 aromatic rings. The largest absolute Gasteiger partial charge is 0.228 e. The summed E-state index contributed by atoms with van der Waals surface area (Å²) >= 11 is 0. The lowest BCUT2D eigenvalue weighted by atomic mass is 9.80. The van der Waals surface area contributed by atoms with Crippen LogP contribution in [0.15, 0.2) is 121 Å². The number of fused-ring (bicyclic) bond motifs is 5. The molecule has 0 spiro atoms. The van der Waals surface area contributed by atoms with E-state index < -0.39 is 0 Å². The molecule has 1 heterocycles. The van der Waals surface area contributed by atoms with Gasteiger partial charge in [-0.2, -0.15) is 0 Å². The second-order valence-electron chi connectivity index (χ2n) is 10.3. The first-order valence-corrected chi connectivity index (χ1v) is 12.8. The fourth-order valence-corrected chi connectivity index (χ4v) is 5.85. The molecule has 0 aliphatic heterocycles. The van der Waals surface area contributed by atoms with Crippen molar-refractivity contribution in [2.75, 3.05) is 0 Å². The predicted octanol–water partition coefficient (Wildman–Crippen LogP) is 8.94. The molecule has 0 fully saturated rings. The Balaban J connectivity index is 1.41. The van der Waals surface area contributed by atoms with Crippen LogP contribution in [0.5, 0.6) is 0 Å². The number of rotatable bonds is 3. The molecule has 0 N–H and O–H groups in total. The molecule has 0 saturated heterocycles. The Kier molecular flexibility index (Phi) is 4.84. The van der Waals surface area contributed by atoms with Crippen LogP contribution in [0.25, 0.3) is 55.8 Å². The van der Waals surface area contributed by atoms with Gasteiger partial charge in [0.05, 0.1) is 11.4 Å². The molecule has 0 unspecified atom stereocenters. The summed E-state index contributed by atoms with van der Waals surface area (Å²) in [4.78, 5) is 10.1. The first-order chi connectivity index (χ1) is 18.1. The fourth-order valence-electron chi connectivity index (χ4n) is 5.85. The molecule has 2 heteroatoms. The van der Waals surface area contributed by atoms with Crippen LogP contribution >= 0.6 is 0 Å². The lowest BCUT2D eigenvalue weighted by Crippen LogP contribution is -2.15. The molecule has 1 aliphatic rings. The van der Waals surface area contributed by atoms with Crippen LogP contribution in [0.3, 0.4) is 0 Å². The molecule has 176 valence electrons. The Morgan fingerprint density at radius 3 is 1.81 bits per heavy atom. The molecule has 37 heavy (non-hydrogen) atoms. The number of nitrogens with zero attached hydrogens (tertiary/aromatic N) is 2. The van der Waals surface area contributed by atoms with E-state index in [0.29, 0.717) is 0 Å². The van der Waals surface area contributed by atoms with Crippen LogP contribution in [0, 0.1) is 0 Å². The third-order valence-corrected chi connectivity index (χ3v) is 7.66. The van der Waals surface area contributed by atoms with Gasteiger partial charge in [0.25, 0.3) is 0 Å². The Bertz CT molecular complexity index is 1730. The van der Waals surface area contributed by atoms with Gasteiger partial charge in [-0.05, 0) is 45.2 Å². The van der Waals surface area contributed by atoms with E-state index >= 15 is 0 Å². The van der Waals surface area contributed by atoms with E-state index in [-0.39, 0.29) is 5.41 Å². The van der Waals surface area contributed by atoms with Crippen LogP contribution in [-0.4, -0.2) is 9.97 Å². The molecular formula is C35H26N2. The monoisotopic (exact) mass is 474 g/mol. The van der Waals surface area contributed by atoms with Crippen molar-refractivity contribution in [2.24, 2.45) is 0 Å². The van der Waals surface area contributed by atoms with Gasteiger partial charge in [0.2, 0.25) is 0 Å². The second kappa shape index (κ2) is 8.25. The summed E-state index contributed by atoms with van der Waals surface area (Å²) in [5.41, 5.74) is 10.5. The highest BCUT2D eigenvalue weighted by molar-refractivity contribution is 5.98. The molecule has 2 nitrogen and oxygen atoms in total. The molecule has 1 aliphatic carbocycles. The number of hydrogen-bond acceptors (Lipinski definition) is 2. The van der Waals surface area contributed by atoms with Crippen molar-refractivity contribution >= 4 is 10.8 Å². The lowest BCUT2D eigenvalue weighted by Gasteiger charge is -2.23. The number of hydrogen-bond donors (Lipinski definition) is 0. The third kappa shape index (κ3) is 3.48. The molecule has 5 aromatic carbocycles. The van der Waals surface area contributed by atoms with Gasteiger partial charge in [-0.15, -0.1) is 0 Å². The van der Waals surface area contributed by atoms with Crippen molar-refractivity contribution in [1.82, 2.24) is 9.97 Å². The summed E-state index contributed by atoms with van der Waals surface area (Å²) in [6.45, 7) is 4.67. The minimum atomic E-state index is -0.0445. The molecule has 0 saturated carbocycles. The smallest absolute Gasteiger partial charge is 0.160 e. The quantitative estimate of drug-likeness (QED) is 0.256. The molecule has 1 aromatic heterocycles. The van der Waals surface area contributed by atoms with Crippen LogP contribution in [0.1, 0.15) is 25.0 Å². The van der Waals surface area contributed by atoms with Gasteiger partial charge < -0.3 is 0 Å².